The van der Waals surface area contributed by atoms with Crippen molar-refractivity contribution in [2.45, 2.75) is 32.7 Å². The number of aryl methyl sites for hydroxylation is 1. The first-order valence-electron chi connectivity index (χ1n) is 10.8. The van der Waals surface area contributed by atoms with Crippen molar-refractivity contribution >= 4 is 22.7 Å². The summed E-state index contributed by atoms with van der Waals surface area (Å²) in [5.74, 6) is -0.361. The molecule has 31 heavy (non-hydrogen) atoms. The number of nitrogens with zero attached hydrogens (tertiary/aromatic N) is 2. The Morgan fingerprint density at radius 1 is 1.23 bits per heavy atom. The van der Waals surface area contributed by atoms with Gasteiger partial charge in [-0.1, -0.05) is 30.3 Å². The first-order chi connectivity index (χ1) is 14.9. The lowest BCUT2D eigenvalue weighted by Crippen LogP contribution is -2.46. The predicted molar refractivity (Wildman–Crippen MR) is 119 cm³/mol. The summed E-state index contributed by atoms with van der Waals surface area (Å²) >= 11 is 0. The lowest BCUT2D eigenvalue weighted by Gasteiger charge is -2.34. The highest BCUT2D eigenvalue weighted by atomic mass is 19.1. The van der Waals surface area contributed by atoms with Crippen LogP contribution in [0.2, 0.25) is 0 Å². The highest BCUT2D eigenvalue weighted by Gasteiger charge is 2.32. The van der Waals surface area contributed by atoms with Crippen LogP contribution < -0.4 is 0 Å². The quantitative estimate of drug-likeness (QED) is 0.653. The fourth-order valence-electron chi connectivity index (χ4n) is 4.41. The summed E-state index contributed by atoms with van der Waals surface area (Å²) in [5.41, 5.74) is 4.12. The van der Waals surface area contributed by atoms with Gasteiger partial charge in [-0.15, -0.1) is 0 Å². The maximum atomic E-state index is 13.4. The Bertz CT molecular complexity index is 1110. The van der Waals surface area contributed by atoms with Crippen LogP contribution in [-0.4, -0.2) is 46.7 Å². The number of piperidine rings is 1. The molecule has 0 aliphatic carbocycles. The van der Waals surface area contributed by atoms with E-state index < -0.39 is 0 Å². The molecule has 0 saturated carbocycles. The summed E-state index contributed by atoms with van der Waals surface area (Å²) < 4.78 is 13.4. The Morgan fingerprint density at radius 2 is 2.03 bits per heavy atom. The molecule has 1 N–H and O–H groups in total. The van der Waals surface area contributed by atoms with Gasteiger partial charge in [0.2, 0.25) is 11.8 Å². The number of H-pyrrole nitrogens is 1. The molecule has 1 saturated heterocycles. The van der Waals surface area contributed by atoms with Crippen molar-refractivity contribution in [1.29, 1.82) is 0 Å². The zero-order valence-electron chi connectivity index (χ0n) is 18.0. The number of likely N-dealkylation sites (tertiary alicyclic amines) is 1. The molecule has 2 heterocycles. The molecular formula is C25H28FN3O2. The third-order valence-corrected chi connectivity index (χ3v) is 6.25. The number of nitrogens with one attached hydrogen (secondary N) is 1. The van der Waals surface area contributed by atoms with Crippen LogP contribution in [0.3, 0.4) is 0 Å². The van der Waals surface area contributed by atoms with Crippen LogP contribution in [0.1, 0.15) is 29.7 Å². The molecule has 162 valence electrons. The van der Waals surface area contributed by atoms with Gasteiger partial charge in [-0.05, 0) is 49.1 Å². The molecule has 1 atom stereocenters. The minimum Gasteiger partial charge on any atom is -0.357 e. The Morgan fingerprint density at radius 3 is 2.81 bits per heavy atom. The third kappa shape index (κ3) is 4.63. The van der Waals surface area contributed by atoms with Gasteiger partial charge in [-0.25, -0.2) is 4.39 Å². The predicted octanol–water partition coefficient (Wildman–Crippen LogP) is 4.06. The minimum absolute atomic E-state index is 0.0568. The van der Waals surface area contributed by atoms with E-state index in [0.29, 0.717) is 38.9 Å². The molecule has 6 heteroatoms. The fraction of sp³-hybridized carbons (Fsp3) is 0.360. The van der Waals surface area contributed by atoms with E-state index in [-0.39, 0.29) is 23.5 Å². The average molecular weight is 422 g/mol. The number of benzene rings is 2. The van der Waals surface area contributed by atoms with Gasteiger partial charge in [0.05, 0.1) is 12.5 Å². The lowest BCUT2D eigenvalue weighted by molar-refractivity contribution is -0.142. The molecule has 2 amide bonds. The number of rotatable bonds is 6. The summed E-state index contributed by atoms with van der Waals surface area (Å²) in [7, 11) is 1.82. The van der Waals surface area contributed by atoms with Crippen molar-refractivity contribution in [2.24, 2.45) is 5.92 Å². The highest BCUT2D eigenvalue weighted by Crippen LogP contribution is 2.24. The maximum absolute atomic E-state index is 13.4. The molecule has 0 unspecified atom stereocenters. The van der Waals surface area contributed by atoms with Crippen molar-refractivity contribution in [3.05, 3.63) is 71.2 Å². The molecule has 1 fully saturated rings. The molecule has 0 radical (unpaired) electrons. The number of halogens is 1. The van der Waals surface area contributed by atoms with Crippen LogP contribution in [0.25, 0.3) is 10.9 Å². The van der Waals surface area contributed by atoms with Gasteiger partial charge < -0.3 is 14.8 Å². The normalized spacial score (nSPS) is 16.7. The van der Waals surface area contributed by atoms with Gasteiger partial charge >= 0.3 is 0 Å². The average Bonchev–Trinajstić information content (AvgIpc) is 3.08. The van der Waals surface area contributed by atoms with Crippen molar-refractivity contribution < 1.29 is 14.0 Å². The van der Waals surface area contributed by atoms with Crippen molar-refractivity contribution in [3.8, 4) is 0 Å². The lowest BCUT2D eigenvalue weighted by atomic mass is 9.95. The maximum Gasteiger partial charge on any atom is 0.227 e. The zero-order valence-corrected chi connectivity index (χ0v) is 18.0. The zero-order chi connectivity index (χ0) is 22.0. The van der Waals surface area contributed by atoms with Crippen LogP contribution in [-0.2, 0) is 22.6 Å². The van der Waals surface area contributed by atoms with E-state index in [0.717, 1.165) is 22.3 Å². The molecule has 4 rings (SSSR count). The van der Waals surface area contributed by atoms with E-state index in [9.17, 15) is 14.0 Å². The number of aromatic nitrogens is 1. The van der Waals surface area contributed by atoms with Crippen molar-refractivity contribution in [3.63, 3.8) is 0 Å². The van der Waals surface area contributed by atoms with Gasteiger partial charge in [0, 0.05) is 43.2 Å². The Hall–Kier alpha value is -3.15. The molecule has 3 aromatic rings. The topological polar surface area (TPSA) is 56.4 Å². The molecule has 5 nitrogen and oxygen atoms in total. The van der Waals surface area contributed by atoms with Crippen molar-refractivity contribution in [2.75, 3.05) is 20.1 Å². The van der Waals surface area contributed by atoms with E-state index in [2.05, 4.69) is 18.0 Å². The molecule has 1 aromatic heterocycles. The largest absolute Gasteiger partial charge is 0.357 e. The number of fused-ring (bicyclic) bond motifs is 1. The monoisotopic (exact) mass is 421 g/mol. The first-order valence-corrected chi connectivity index (χ1v) is 10.8. The number of carbonyl (C=O) groups is 2. The van der Waals surface area contributed by atoms with Gasteiger partial charge in [-0.3, -0.25) is 9.59 Å². The SMILES string of the molecule is Cc1c(CN(C)C(=O)[C@H]2CCC(=O)N(CCc3cccc(F)c3)C2)[nH]c2ccccc12. The Kier molecular flexibility index (Phi) is 6.07. The number of para-hydroxylation sites is 1. The van der Waals surface area contributed by atoms with Gasteiger partial charge in [-0.2, -0.15) is 0 Å². The van der Waals surface area contributed by atoms with E-state index >= 15 is 0 Å². The van der Waals surface area contributed by atoms with E-state index in [1.165, 1.54) is 17.5 Å². The van der Waals surface area contributed by atoms with Crippen LogP contribution in [0.5, 0.6) is 0 Å². The number of aromatic amines is 1. The van der Waals surface area contributed by atoms with Crippen LogP contribution >= 0.6 is 0 Å². The first kappa shape index (κ1) is 21.1. The van der Waals surface area contributed by atoms with Crippen LogP contribution in [0.15, 0.2) is 48.5 Å². The summed E-state index contributed by atoms with van der Waals surface area (Å²) in [4.78, 5) is 32.4. The molecule has 0 bridgehead atoms. The molecule has 2 aromatic carbocycles. The second-order valence-corrected chi connectivity index (χ2v) is 8.42. The number of carbonyl (C=O) groups excluding carboxylic acids is 2. The smallest absolute Gasteiger partial charge is 0.227 e. The van der Waals surface area contributed by atoms with Crippen LogP contribution in [0, 0.1) is 18.7 Å². The Labute approximate surface area is 181 Å². The van der Waals surface area contributed by atoms with Gasteiger partial charge in [0.15, 0.2) is 0 Å². The number of hydrogen-bond acceptors (Lipinski definition) is 2. The molecule has 0 spiro atoms. The van der Waals surface area contributed by atoms with Crippen LogP contribution in [0.4, 0.5) is 4.39 Å². The molecule has 1 aliphatic rings. The van der Waals surface area contributed by atoms with Gasteiger partial charge in [0.1, 0.15) is 5.82 Å². The minimum atomic E-state index is -0.274. The fourth-order valence-corrected chi connectivity index (χ4v) is 4.41. The van der Waals surface area contributed by atoms with E-state index in [1.54, 1.807) is 15.9 Å². The second kappa shape index (κ2) is 8.92. The number of hydrogen-bond donors (Lipinski definition) is 1. The summed E-state index contributed by atoms with van der Waals surface area (Å²) in [6.07, 6.45) is 1.53. The number of amides is 2. The standard InChI is InChI=1S/C25H28FN3O2/c1-17-21-8-3-4-9-22(21)27-23(17)16-28(2)25(31)19-10-11-24(30)29(15-19)13-12-18-6-5-7-20(26)14-18/h3-9,14,19,27H,10-13,15-16H2,1-2H3/t19-/m0/s1. The summed E-state index contributed by atoms with van der Waals surface area (Å²) in [6, 6.07) is 14.6. The highest BCUT2D eigenvalue weighted by molar-refractivity contribution is 5.85. The summed E-state index contributed by atoms with van der Waals surface area (Å²) in [6.45, 7) is 3.49. The molecular weight excluding hydrogens is 393 g/mol. The third-order valence-electron chi connectivity index (χ3n) is 6.25. The van der Waals surface area contributed by atoms with E-state index in [4.69, 9.17) is 0 Å². The van der Waals surface area contributed by atoms with E-state index in [1.807, 2.05) is 31.3 Å². The van der Waals surface area contributed by atoms with Crippen molar-refractivity contribution in [1.82, 2.24) is 14.8 Å². The second-order valence-electron chi connectivity index (χ2n) is 8.42. The van der Waals surface area contributed by atoms with Gasteiger partial charge in [0.25, 0.3) is 0 Å². The summed E-state index contributed by atoms with van der Waals surface area (Å²) in [5, 5.41) is 1.17. The molecule has 1 aliphatic heterocycles. The Balaban J connectivity index is 1.39.